The van der Waals surface area contributed by atoms with E-state index in [4.69, 9.17) is 5.73 Å². The van der Waals surface area contributed by atoms with Crippen LogP contribution in [0.5, 0.6) is 0 Å². The molecule has 3 rings (SSSR count). The zero-order valence-corrected chi connectivity index (χ0v) is 18.3. The highest BCUT2D eigenvalue weighted by Crippen LogP contribution is 2.30. The van der Waals surface area contributed by atoms with Crippen LogP contribution in [0.25, 0.3) is 10.9 Å². The van der Waals surface area contributed by atoms with Crippen molar-refractivity contribution in [3.05, 3.63) is 64.3 Å². The van der Waals surface area contributed by atoms with Gasteiger partial charge in [-0.2, -0.15) is 0 Å². The van der Waals surface area contributed by atoms with Gasteiger partial charge in [-0.15, -0.1) is 0 Å². The summed E-state index contributed by atoms with van der Waals surface area (Å²) in [6, 6.07) is 13.8. The average Bonchev–Trinajstić information content (AvgIpc) is 2.65. The SMILES string of the molecule is CC(C)(C)N(Cc1ccc(CNc2c(N)cnc3cc(Br)ccc23)cc1)C(=O)O. The number of carbonyl (C=O) groups is 1. The lowest BCUT2D eigenvalue weighted by molar-refractivity contribution is 0.0955. The highest BCUT2D eigenvalue weighted by Gasteiger charge is 2.25. The van der Waals surface area contributed by atoms with Crippen molar-refractivity contribution in [2.75, 3.05) is 11.1 Å². The number of amides is 1. The molecular weight excluding hydrogens is 432 g/mol. The highest BCUT2D eigenvalue weighted by atomic mass is 79.9. The average molecular weight is 457 g/mol. The molecule has 1 aromatic heterocycles. The number of fused-ring (bicyclic) bond motifs is 1. The summed E-state index contributed by atoms with van der Waals surface area (Å²) in [5.41, 5.74) is 10.0. The molecule has 0 atom stereocenters. The van der Waals surface area contributed by atoms with Crippen LogP contribution < -0.4 is 11.1 Å². The fraction of sp³-hybridized carbons (Fsp3) is 0.273. The predicted molar refractivity (Wildman–Crippen MR) is 121 cm³/mol. The largest absolute Gasteiger partial charge is 0.465 e. The minimum absolute atomic E-state index is 0.351. The molecular formula is C22H25BrN4O2. The second-order valence-corrected chi connectivity index (χ2v) is 8.88. The molecule has 0 saturated carbocycles. The van der Waals surface area contributed by atoms with E-state index >= 15 is 0 Å². The van der Waals surface area contributed by atoms with Gasteiger partial charge in [-0.3, -0.25) is 9.88 Å². The molecule has 0 unspecified atom stereocenters. The fourth-order valence-electron chi connectivity index (χ4n) is 3.11. The maximum atomic E-state index is 11.5. The van der Waals surface area contributed by atoms with Crippen LogP contribution in [0.3, 0.4) is 0 Å². The maximum Gasteiger partial charge on any atom is 0.408 e. The Bertz CT molecular complexity index is 1030. The Morgan fingerprint density at radius 3 is 2.45 bits per heavy atom. The van der Waals surface area contributed by atoms with Gasteiger partial charge in [0.1, 0.15) is 0 Å². The summed E-state index contributed by atoms with van der Waals surface area (Å²) in [6.45, 7) is 6.62. The monoisotopic (exact) mass is 456 g/mol. The number of hydrogen-bond acceptors (Lipinski definition) is 4. The number of halogens is 1. The van der Waals surface area contributed by atoms with Gasteiger partial charge in [0.2, 0.25) is 0 Å². The summed E-state index contributed by atoms with van der Waals surface area (Å²) in [7, 11) is 0. The van der Waals surface area contributed by atoms with E-state index in [9.17, 15) is 9.90 Å². The lowest BCUT2D eigenvalue weighted by Gasteiger charge is -2.33. The summed E-state index contributed by atoms with van der Waals surface area (Å²) in [4.78, 5) is 17.3. The quantitative estimate of drug-likeness (QED) is 0.473. The molecule has 0 aliphatic heterocycles. The van der Waals surface area contributed by atoms with Crippen LogP contribution in [0, 0.1) is 0 Å². The molecule has 29 heavy (non-hydrogen) atoms. The molecule has 6 nitrogen and oxygen atoms in total. The van der Waals surface area contributed by atoms with E-state index in [1.807, 2.05) is 63.2 Å². The number of anilines is 2. The second-order valence-electron chi connectivity index (χ2n) is 7.96. The van der Waals surface area contributed by atoms with Crippen LogP contribution in [-0.2, 0) is 13.1 Å². The third-order valence-corrected chi connectivity index (χ3v) is 5.23. The molecule has 7 heteroatoms. The van der Waals surface area contributed by atoms with Crippen molar-refractivity contribution in [3.63, 3.8) is 0 Å². The van der Waals surface area contributed by atoms with Gasteiger partial charge >= 0.3 is 6.09 Å². The molecule has 1 heterocycles. The molecule has 4 N–H and O–H groups in total. The number of nitrogens with zero attached hydrogens (tertiary/aromatic N) is 2. The number of rotatable bonds is 5. The number of nitrogens with one attached hydrogen (secondary N) is 1. The van der Waals surface area contributed by atoms with Gasteiger partial charge in [0.25, 0.3) is 0 Å². The molecule has 3 aromatic rings. The summed E-state index contributed by atoms with van der Waals surface area (Å²) in [5.74, 6) is 0. The van der Waals surface area contributed by atoms with Crippen molar-refractivity contribution in [3.8, 4) is 0 Å². The first-order valence-electron chi connectivity index (χ1n) is 9.31. The Morgan fingerprint density at radius 1 is 1.17 bits per heavy atom. The lowest BCUT2D eigenvalue weighted by Crippen LogP contribution is -2.44. The molecule has 0 aliphatic rings. The van der Waals surface area contributed by atoms with Gasteiger partial charge in [0, 0.05) is 28.5 Å². The van der Waals surface area contributed by atoms with Gasteiger partial charge in [-0.25, -0.2) is 4.79 Å². The van der Waals surface area contributed by atoms with Crippen molar-refractivity contribution in [2.45, 2.75) is 39.4 Å². The summed E-state index contributed by atoms with van der Waals surface area (Å²) in [6.07, 6.45) is 0.739. The van der Waals surface area contributed by atoms with Crippen molar-refractivity contribution < 1.29 is 9.90 Å². The van der Waals surface area contributed by atoms with Gasteiger partial charge in [0.15, 0.2) is 0 Å². The Hall–Kier alpha value is -2.80. The number of aromatic nitrogens is 1. The van der Waals surface area contributed by atoms with E-state index in [2.05, 4.69) is 26.2 Å². The molecule has 2 aromatic carbocycles. The number of benzene rings is 2. The first-order chi connectivity index (χ1) is 13.6. The van der Waals surface area contributed by atoms with E-state index < -0.39 is 11.6 Å². The van der Waals surface area contributed by atoms with Crippen molar-refractivity contribution in [1.82, 2.24) is 9.88 Å². The molecule has 1 amide bonds. The van der Waals surface area contributed by atoms with Crippen molar-refractivity contribution in [1.29, 1.82) is 0 Å². The summed E-state index contributed by atoms with van der Waals surface area (Å²) >= 11 is 3.46. The number of nitrogens with two attached hydrogens (primary N) is 1. The first-order valence-corrected chi connectivity index (χ1v) is 10.1. The Morgan fingerprint density at radius 2 is 1.83 bits per heavy atom. The zero-order chi connectivity index (χ0) is 21.2. The Kier molecular flexibility index (Phi) is 5.98. The number of carboxylic acid groups (broad SMARTS) is 1. The Labute approximate surface area is 178 Å². The van der Waals surface area contributed by atoms with E-state index in [0.717, 1.165) is 32.2 Å². The molecule has 0 radical (unpaired) electrons. The third kappa shape index (κ3) is 4.98. The molecule has 0 fully saturated rings. The van der Waals surface area contributed by atoms with Crippen molar-refractivity contribution in [2.24, 2.45) is 0 Å². The molecule has 0 aliphatic carbocycles. The van der Waals surface area contributed by atoms with Gasteiger partial charge in [0.05, 0.1) is 23.1 Å². The van der Waals surface area contributed by atoms with Crippen LogP contribution in [0.15, 0.2) is 53.1 Å². The molecule has 152 valence electrons. The van der Waals surface area contributed by atoms with Gasteiger partial charge in [-0.1, -0.05) is 40.2 Å². The van der Waals surface area contributed by atoms with Crippen molar-refractivity contribution >= 4 is 44.3 Å². The smallest absolute Gasteiger partial charge is 0.408 e. The third-order valence-electron chi connectivity index (χ3n) is 4.73. The number of hydrogen-bond donors (Lipinski definition) is 3. The Balaban J connectivity index is 1.74. The molecule has 0 bridgehead atoms. The summed E-state index contributed by atoms with van der Waals surface area (Å²) < 4.78 is 0.967. The van der Waals surface area contributed by atoms with Gasteiger partial charge in [-0.05, 0) is 50.1 Å². The fourth-order valence-corrected chi connectivity index (χ4v) is 3.46. The predicted octanol–water partition coefficient (Wildman–Crippen LogP) is 5.47. The lowest BCUT2D eigenvalue weighted by atomic mass is 10.0. The van der Waals surface area contributed by atoms with E-state index in [1.165, 1.54) is 4.90 Å². The molecule has 0 saturated heterocycles. The van der Waals surface area contributed by atoms with Crippen LogP contribution in [0.4, 0.5) is 16.2 Å². The molecule has 0 spiro atoms. The first kappa shape index (κ1) is 20.9. The topological polar surface area (TPSA) is 91.5 Å². The van der Waals surface area contributed by atoms with Crippen LogP contribution >= 0.6 is 15.9 Å². The van der Waals surface area contributed by atoms with E-state index in [0.29, 0.717) is 18.8 Å². The standard InChI is InChI=1S/C22H25BrN4O2/c1-22(2,3)27(21(28)29)13-15-6-4-14(5-7-15)11-26-20-17-9-8-16(23)10-19(17)25-12-18(20)24/h4-10,12H,11,13,24H2,1-3H3,(H,25,26)(H,28,29). The minimum atomic E-state index is -0.921. The normalized spacial score (nSPS) is 11.4. The number of nitrogen functional groups attached to an aromatic ring is 1. The van der Waals surface area contributed by atoms with Gasteiger partial charge < -0.3 is 16.2 Å². The minimum Gasteiger partial charge on any atom is -0.465 e. The second kappa shape index (κ2) is 8.29. The van der Waals surface area contributed by atoms with E-state index in [1.54, 1.807) is 6.20 Å². The number of pyridine rings is 1. The van der Waals surface area contributed by atoms with E-state index in [-0.39, 0.29) is 0 Å². The highest BCUT2D eigenvalue weighted by molar-refractivity contribution is 9.10. The zero-order valence-electron chi connectivity index (χ0n) is 16.7. The van der Waals surface area contributed by atoms with Crippen LogP contribution in [0.1, 0.15) is 31.9 Å². The van der Waals surface area contributed by atoms with Crippen LogP contribution in [0.2, 0.25) is 0 Å². The maximum absolute atomic E-state index is 11.5. The van der Waals surface area contributed by atoms with Crippen LogP contribution in [-0.4, -0.2) is 26.6 Å². The summed E-state index contributed by atoms with van der Waals surface area (Å²) in [5, 5.41) is 13.8.